The van der Waals surface area contributed by atoms with E-state index < -0.39 is 0 Å². The maximum Gasteiger partial charge on any atom is 0.236 e. The van der Waals surface area contributed by atoms with Gasteiger partial charge < -0.3 is 10.6 Å². The van der Waals surface area contributed by atoms with Gasteiger partial charge in [0, 0.05) is 25.3 Å². The maximum absolute atomic E-state index is 12.3. The highest BCUT2D eigenvalue weighted by Crippen LogP contribution is 2.13. The number of anilines is 1. The molecular weight excluding hydrogens is 250 g/mol. The van der Waals surface area contributed by atoms with Gasteiger partial charge in [-0.15, -0.1) is 0 Å². The molecule has 1 aliphatic rings. The fourth-order valence-electron chi connectivity index (χ4n) is 2.68. The summed E-state index contributed by atoms with van der Waals surface area (Å²) < 4.78 is 0. The molecule has 0 spiro atoms. The number of nitrogens with zero attached hydrogens (tertiary/aromatic N) is 2. The first-order valence-corrected chi connectivity index (χ1v) is 7.46. The molecule has 0 saturated carbocycles. The summed E-state index contributed by atoms with van der Waals surface area (Å²) in [6.07, 6.45) is 4.78. The van der Waals surface area contributed by atoms with Crippen molar-refractivity contribution in [3.05, 3.63) is 29.8 Å². The smallest absolute Gasteiger partial charge is 0.236 e. The quantitative estimate of drug-likeness (QED) is 0.856. The van der Waals surface area contributed by atoms with Gasteiger partial charge in [-0.3, -0.25) is 9.69 Å². The van der Waals surface area contributed by atoms with E-state index in [0.717, 1.165) is 37.2 Å². The second kappa shape index (κ2) is 7.29. The number of benzene rings is 1. The molecule has 1 fully saturated rings. The van der Waals surface area contributed by atoms with Gasteiger partial charge in [0.25, 0.3) is 0 Å². The monoisotopic (exact) mass is 275 g/mol. The second-order valence-corrected chi connectivity index (χ2v) is 5.67. The summed E-state index contributed by atoms with van der Waals surface area (Å²) in [5.41, 5.74) is 7.82. The van der Waals surface area contributed by atoms with E-state index in [-0.39, 0.29) is 5.91 Å². The first-order chi connectivity index (χ1) is 9.66. The van der Waals surface area contributed by atoms with Gasteiger partial charge in [-0.05, 0) is 31.5 Å². The number of amides is 1. The zero-order chi connectivity index (χ0) is 14.4. The minimum Gasteiger partial charge on any atom is -0.398 e. The van der Waals surface area contributed by atoms with Gasteiger partial charge in [0.2, 0.25) is 5.91 Å². The minimum absolute atomic E-state index is 0.240. The Hall–Kier alpha value is -1.55. The molecule has 0 aliphatic carbocycles. The van der Waals surface area contributed by atoms with E-state index in [0.29, 0.717) is 13.1 Å². The van der Waals surface area contributed by atoms with Crippen molar-refractivity contribution in [3.63, 3.8) is 0 Å². The van der Waals surface area contributed by atoms with Crippen molar-refractivity contribution in [2.75, 3.05) is 32.4 Å². The molecule has 0 unspecified atom stereocenters. The van der Waals surface area contributed by atoms with Crippen LogP contribution in [0.25, 0.3) is 0 Å². The van der Waals surface area contributed by atoms with Crippen molar-refractivity contribution in [1.82, 2.24) is 9.80 Å². The number of hydrogen-bond acceptors (Lipinski definition) is 3. The van der Waals surface area contributed by atoms with E-state index in [2.05, 4.69) is 0 Å². The zero-order valence-electron chi connectivity index (χ0n) is 12.3. The Morgan fingerprint density at radius 2 is 1.85 bits per heavy atom. The number of rotatable bonds is 4. The number of hydrogen-bond donors (Lipinski definition) is 1. The van der Waals surface area contributed by atoms with Crippen molar-refractivity contribution in [2.24, 2.45) is 0 Å². The molecular formula is C16H25N3O. The lowest BCUT2D eigenvalue weighted by Gasteiger charge is -2.24. The van der Waals surface area contributed by atoms with E-state index in [9.17, 15) is 4.79 Å². The molecule has 20 heavy (non-hydrogen) atoms. The topological polar surface area (TPSA) is 49.6 Å². The number of likely N-dealkylation sites (tertiary alicyclic amines) is 1. The maximum atomic E-state index is 12.3. The Bertz CT molecular complexity index is 439. The van der Waals surface area contributed by atoms with Gasteiger partial charge >= 0.3 is 0 Å². The molecule has 0 bridgehead atoms. The van der Waals surface area contributed by atoms with Crippen LogP contribution in [0.5, 0.6) is 0 Å². The molecule has 1 saturated heterocycles. The molecule has 2 rings (SSSR count). The minimum atomic E-state index is 0.240. The first kappa shape index (κ1) is 14.9. The van der Waals surface area contributed by atoms with Gasteiger partial charge in [0.1, 0.15) is 0 Å². The summed E-state index contributed by atoms with van der Waals surface area (Å²) in [5.74, 6) is 0.240. The summed E-state index contributed by atoms with van der Waals surface area (Å²) >= 11 is 0. The molecule has 1 amide bonds. The number of nitrogen functional groups attached to an aromatic ring is 1. The van der Waals surface area contributed by atoms with Crippen molar-refractivity contribution in [3.8, 4) is 0 Å². The van der Waals surface area contributed by atoms with Crippen LogP contribution >= 0.6 is 0 Å². The fourth-order valence-corrected chi connectivity index (χ4v) is 2.68. The fraction of sp³-hybridized carbons (Fsp3) is 0.562. The lowest BCUT2D eigenvalue weighted by atomic mass is 10.2. The Morgan fingerprint density at radius 3 is 2.50 bits per heavy atom. The Balaban J connectivity index is 1.85. The molecule has 2 N–H and O–H groups in total. The number of para-hydroxylation sites is 1. The highest BCUT2D eigenvalue weighted by atomic mass is 16.2. The van der Waals surface area contributed by atoms with Crippen molar-refractivity contribution in [1.29, 1.82) is 0 Å². The lowest BCUT2D eigenvalue weighted by molar-refractivity contribution is -0.132. The molecule has 0 radical (unpaired) electrons. The molecule has 1 aliphatic heterocycles. The standard InChI is InChI=1S/C16H25N3O/c1-18(12-14-8-4-5-9-15(14)17)13-16(20)19-10-6-2-3-7-11-19/h4-5,8-9H,2-3,6-7,10-13,17H2,1H3. The van der Waals surface area contributed by atoms with Crippen LogP contribution in [0.4, 0.5) is 5.69 Å². The van der Waals surface area contributed by atoms with Crippen LogP contribution in [0.3, 0.4) is 0 Å². The van der Waals surface area contributed by atoms with Crippen LogP contribution < -0.4 is 5.73 Å². The Kier molecular flexibility index (Phi) is 5.41. The summed E-state index contributed by atoms with van der Waals surface area (Å²) in [5, 5.41) is 0. The van der Waals surface area contributed by atoms with Gasteiger partial charge in [-0.1, -0.05) is 31.0 Å². The molecule has 1 aromatic carbocycles. The van der Waals surface area contributed by atoms with Crippen LogP contribution in [0.15, 0.2) is 24.3 Å². The molecule has 110 valence electrons. The molecule has 1 heterocycles. The van der Waals surface area contributed by atoms with Crippen LogP contribution in [0.1, 0.15) is 31.2 Å². The van der Waals surface area contributed by atoms with Crippen LogP contribution in [0, 0.1) is 0 Å². The van der Waals surface area contributed by atoms with Crippen LogP contribution in [-0.2, 0) is 11.3 Å². The summed E-state index contributed by atoms with van der Waals surface area (Å²) in [6, 6.07) is 7.83. The van der Waals surface area contributed by atoms with Gasteiger partial charge in [0.15, 0.2) is 0 Å². The van der Waals surface area contributed by atoms with Crippen molar-refractivity contribution in [2.45, 2.75) is 32.2 Å². The third-order valence-electron chi connectivity index (χ3n) is 3.86. The average molecular weight is 275 g/mol. The lowest BCUT2D eigenvalue weighted by Crippen LogP contribution is -2.39. The average Bonchev–Trinajstić information content (AvgIpc) is 2.70. The SMILES string of the molecule is CN(CC(=O)N1CCCCCC1)Cc1ccccc1N. The zero-order valence-corrected chi connectivity index (χ0v) is 12.3. The van der Waals surface area contributed by atoms with E-state index in [1.54, 1.807) is 0 Å². The van der Waals surface area contributed by atoms with E-state index >= 15 is 0 Å². The number of nitrogens with two attached hydrogens (primary N) is 1. The molecule has 0 atom stereocenters. The van der Waals surface area contributed by atoms with E-state index in [1.807, 2.05) is 41.1 Å². The van der Waals surface area contributed by atoms with Crippen molar-refractivity contribution < 1.29 is 4.79 Å². The Morgan fingerprint density at radius 1 is 1.20 bits per heavy atom. The molecule has 1 aromatic rings. The summed E-state index contributed by atoms with van der Waals surface area (Å²) in [6.45, 7) is 3.01. The number of likely N-dealkylation sites (N-methyl/N-ethyl adjacent to an activating group) is 1. The van der Waals surface area contributed by atoms with Gasteiger partial charge in [0.05, 0.1) is 6.54 Å². The van der Waals surface area contributed by atoms with Crippen LogP contribution in [-0.4, -0.2) is 42.4 Å². The predicted molar refractivity (Wildman–Crippen MR) is 82.2 cm³/mol. The van der Waals surface area contributed by atoms with Crippen molar-refractivity contribution >= 4 is 11.6 Å². The summed E-state index contributed by atoms with van der Waals surface area (Å²) in [4.78, 5) is 16.3. The normalized spacial score (nSPS) is 16.2. The largest absolute Gasteiger partial charge is 0.398 e. The molecule has 0 aromatic heterocycles. The number of carbonyl (C=O) groups is 1. The van der Waals surface area contributed by atoms with E-state index in [4.69, 9.17) is 5.73 Å². The third kappa shape index (κ3) is 4.23. The third-order valence-corrected chi connectivity index (χ3v) is 3.86. The number of carbonyl (C=O) groups excluding carboxylic acids is 1. The second-order valence-electron chi connectivity index (χ2n) is 5.67. The van der Waals surface area contributed by atoms with Gasteiger partial charge in [-0.25, -0.2) is 0 Å². The summed E-state index contributed by atoms with van der Waals surface area (Å²) in [7, 11) is 1.97. The highest BCUT2D eigenvalue weighted by Gasteiger charge is 2.17. The molecule has 4 nitrogen and oxygen atoms in total. The van der Waals surface area contributed by atoms with Gasteiger partial charge in [-0.2, -0.15) is 0 Å². The Labute approximate surface area is 121 Å². The first-order valence-electron chi connectivity index (χ1n) is 7.46. The highest BCUT2D eigenvalue weighted by molar-refractivity contribution is 5.78. The predicted octanol–water partition coefficient (Wildman–Crippen LogP) is 2.10. The molecule has 4 heteroatoms. The van der Waals surface area contributed by atoms with E-state index in [1.165, 1.54) is 12.8 Å². The van der Waals surface area contributed by atoms with Crippen LogP contribution in [0.2, 0.25) is 0 Å².